The molecule has 0 spiro atoms. The second kappa shape index (κ2) is 5.18. The molecule has 4 nitrogen and oxygen atoms in total. The predicted molar refractivity (Wildman–Crippen MR) is 77.0 cm³/mol. The molecule has 5 heteroatoms. The van der Waals surface area contributed by atoms with Crippen LogP contribution in [0.4, 0.5) is 0 Å². The topological polar surface area (TPSA) is 50.5 Å². The molecule has 0 aromatic carbocycles. The van der Waals surface area contributed by atoms with E-state index in [2.05, 4.69) is 32.3 Å². The molecule has 0 unspecified atom stereocenters. The van der Waals surface area contributed by atoms with Crippen LogP contribution < -0.4 is 10.7 Å². The molecule has 3 heterocycles. The van der Waals surface area contributed by atoms with Gasteiger partial charge < -0.3 is 0 Å². The summed E-state index contributed by atoms with van der Waals surface area (Å²) in [4.78, 5) is 19.0. The molecule has 0 aliphatic carbocycles. The van der Waals surface area contributed by atoms with Gasteiger partial charge in [0.05, 0.1) is 12.2 Å². The summed E-state index contributed by atoms with van der Waals surface area (Å²) in [6, 6.07) is 0. The fourth-order valence-corrected chi connectivity index (χ4v) is 2.54. The largest absolute Gasteiger partial charge is 0.260 e. The molecular formula is C14H10N4S. The van der Waals surface area contributed by atoms with E-state index >= 15 is 0 Å². The lowest BCUT2D eigenvalue weighted by molar-refractivity contribution is 0.964. The van der Waals surface area contributed by atoms with Gasteiger partial charge in [-0.25, -0.2) is 9.97 Å². The summed E-state index contributed by atoms with van der Waals surface area (Å²) in [5.74, 6) is 0. The first-order chi connectivity index (χ1) is 9.33. The highest BCUT2D eigenvalue weighted by Gasteiger charge is 2.08. The highest BCUT2D eigenvalue weighted by molar-refractivity contribution is 8.07. The van der Waals surface area contributed by atoms with Crippen molar-refractivity contribution in [3.05, 3.63) is 63.2 Å². The molecule has 0 saturated carbocycles. The average molecular weight is 266 g/mol. The van der Waals surface area contributed by atoms with Crippen LogP contribution in [-0.4, -0.2) is 22.7 Å². The fraction of sp³-hybridized carbons (Fsp3) is 0.0714. The van der Waals surface area contributed by atoms with Crippen molar-refractivity contribution in [2.45, 2.75) is 0 Å². The second-order valence-corrected chi connectivity index (χ2v) is 5.07. The summed E-state index contributed by atoms with van der Waals surface area (Å²) in [5.41, 5.74) is 4.62. The first-order valence-electron chi connectivity index (χ1n) is 5.70. The summed E-state index contributed by atoms with van der Waals surface area (Å²) >= 11 is 1.56. The van der Waals surface area contributed by atoms with Crippen LogP contribution in [0.25, 0.3) is 6.08 Å². The van der Waals surface area contributed by atoms with Crippen molar-refractivity contribution in [3.63, 3.8) is 0 Å². The Morgan fingerprint density at radius 1 is 1.37 bits per heavy atom. The van der Waals surface area contributed by atoms with E-state index in [1.165, 1.54) is 6.33 Å². The summed E-state index contributed by atoms with van der Waals surface area (Å²) in [5, 5.41) is 0.876. The number of aliphatic imine (C=N–C) groups is 1. The van der Waals surface area contributed by atoms with Gasteiger partial charge in [-0.1, -0.05) is 18.3 Å². The molecule has 0 atom stereocenters. The Balaban J connectivity index is 2.18. The maximum Gasteiger partial charge on any atom is 0.158 e. The minimum atomic E-state index is 0.482. The molecule has 2 aliphatic rings. The summed E-state index contributed by atoms with van der Waals surface area (Å²) in [7, 11) is 0. The third-order valence-corrected chi connectivity index (χ3v) is 3.51. The van der Waals surface area contributed by atoms with Crippen LogP contribution in [-0.2, 0) is 0 Å². The monoisotopic (exact) mass is 266 g/mol. The van der Waals surface area contributed by atoms with Gasteiger partial charge in [0.2, 0.25) is 0 Å². The minimum Gasteiger partial charge on any atom is -0.260 e. The molecule has 2 aliphatic heterocycles. The lowest BCUT2D eigenvalue weighted by atomic mass is 10.4. The normalized spacial score (nSPS) is 19.2. The third kappa shape index (κ3) is 2.62. The molecule has 0 saturated heterocycles. The number of hydrogen-bond acceptors (Lipinski definition) is 5. The Labute approximate surface area is 114 Å². The molecule has 0 radical (unpaired) electrons. The number of allylic oxidation sites excluding steroid dienone is 2. The maximum absolute atomic E-state index is 4.50. The van der Waals surface area contributed by atoms with E-state index in [9.17, 15) is 0 Å². The average Bonchev–Trinajstić information content (AvgIpc) is 2.59. The van der Waals surface area contributed by atoms with Crippen molar-refractivity contribution in [1.82, 2.24) is 9.97 Å². The first kappa shape index (κ1) is 11.8. The molecule has 0 fully saturated rings. The van der Waals surface area contributed by atoms with Crippen molar-refractivity contribution >= 4 is 24.1 Å². The van der Waals surface area contributed by atoms with E-state index < -0.39 is 0 Å². The van der Waals surface area contributed by atoms with E-state index in [0.29, 0.717) is 12.0 Å². The van der Waals surface area contributed by atoms with Crippen LogP contribution in [0.5, 0.6) is 0 Å². The van der Waals surface area contributed by atoms with Crippen molar-refractivity contribution in [3.8, 4) is 0 Å². The summed E-state index contributed by atoms with van der Waals surface area (Å²) < 4.78 is 0. The number of rotatable bonds is 0. The smallest absolute Gasteiger partial charge is 0.158 e. The Kier molecular flexibility index (Phi) is 3.23. The van der Waals surface area contributed by atoms with Crippen LogP contribution in [0.2, 0.25) is 0 Å². The molecule has 0 bridgehead atoms. The van der Waals surface area contributed by atoms with Crippen molar-refractivity contribution in [2.24, 2.45) is 9.98 Å². The van der Waals surface area contributed by atoms with Gasteiger partial charge in [-0.2, -0.15) is 0 Å². The zero-order valence-electron chi connectivity index (χ0n) is 10.1. The van der Waals surface area contributed by atoms with Crippen molar-refractivity contribution < 1.29 is 0 Å². The standard InChI is InChI=1S/C14H10N4S/c1-10-6-11-7-15-9-18-14(11)17-8-12-13(19-10)4-2-3-5-16-12/h3-7,9H,1,8H2/b11-6-,17-14?. The zero-order valence-corrected chi connectivity index (χ0v) is 10.9. The number of thioether (sulfide) groups is 1. The van der Waals surface area contributed by atoms with Crippen LogP contribution in [0.15, 0.2) is 62.5 Å². The zero-order chi connectivity index (χ0) is 13.1. The Hall–Kier alpha value is -2.23. The second-order valence-electron chi connectivity index (χ2n) is 3.90. The van der Waals surface area contributed by atoms with E-state index in [0.717, 1.165) is 20.7 Å². The molecule has 19 heavy (non-hydrogen) atoms. The number of aromatic nitrogens is 2. The first-order valence-corrected chi connectivity index (χ1v) is 6.52. The van der Waals surface area contributed by atoms with Gasteiger partial charge in [0.15, 0.2) is 5.49 Å². The van der Waals surface area contributed by atoms with Crippen molar-refractivity contribution in [2.75, 3.05) is 6.54 Å². The van der Waals surface area contributed by atoms with Gasteiger partial charge in [-0.15, -0.1) is 5.73 Å². The molecule has 92 valence electrons. The minimum absolute atomic E-state index is 0.482. The van der Waals surface area contributed by atoms with Gasteiger partial charge in [0.1, 0.15) is 6.33 Å². The number of hydrogen-bond donors (Lipinski definition) is 0. The van der Waals surface area contributed by atoms with Crippen LogP contribution in [0.3, 0.4) is 0 Å². The van der Waals surface area contributed by atoms with Crippen LogP contribution in [0.1, 0.15) is 0 Å². The molecular weight excluding hydrogens is 256 g/mol. The van der Waals surface area contributed by atoms with Gasteiger partial charge in [-0.05, 0) is 18.2 Å². The van der Waals surface area contributed by atoms with Gasteiger partial charge in [-0.3, -0.25) is 9.98 Å². The molecule has 1 aromatic rings. The SMILES string of the molecule is C=C1/C=c2/cncnc2=NCC2=C(C=C=CC=N2)S1. The van der Waals surface area contributed by atoms with E-state index in [1.807, 2.05) is 12.2 Å². The molecule has 1 aromatic heterocycles. The predicted octanol–water partition coefficient (Wildman–Crippen LogP) is 1.14. The van der Waals surface area contributed by atoms with Crippen LogP contribution >= 0.6 is 11.8 Å². The lowest BCUT2D eigenvalue weighted by Crippen LogP contribution is -2.29. The Morgan fingerprint density at radius 2 is 2.32 bits per heavy atom. The highest BCUT2D eigenvalue weighted by atomic mass is 32.2. The summed E-state index contributed by atoms with van der Waals surface area (Å²) in [6.07, 6.45) is 10.6. The third-order valence-electron chi connectivity index (χ3n) is 2.55. The van der Waals surface area contributed by atoms with Crippen molar-refractivity contribution in [1.29, 1.82) is 0 Å². The number of fused-ring (bicyclic) bond motifs is 1. The fourth-order valence-electron chi connectivity index (χ4n) is 1.71. The highest BCUT2D eigenvalue weighted by Crippen LogP contribution is 2.30. The number of nitrogens with zero attached hydrogens (tertiary/aromatic N) is 4. The lowest BCUT2D eigenvalue weighted by Gasteiger charge is -2.04. The van der Waals surface area contributed by atoms with Gasteiger partial charge in [0, 0.05) is 27.4 Å². The molecule has 0 N–H and O–H groups in total. The van der Waals surface area contributed by atoms with Crippen LogP contribution in [0, 0.1) is 0 Å². The Morgan fingerprint density at radius 3 is 3.26 bits per heavy atom. The quantitative estimate of drug-likeness (QED) is 0.662. The summed E-state index contributed by atoms with van der Waals surface area (Å²) in [6.45, 7) is 4.53. The van der Waals surface area contributed by atoms with E-state index in [4.69, 9.17) is 0 Å². The molecule has 3 rings (SSSR count). The molecule has 0 amide bonds. The van der Waals surface area contributed by atoms with E-state index in [-0.39, 0.29) is 0 Å². The maximum atomic E-state index is 4.50. The van der Waals surface area contributed by atoms with E-state index in [1.54, 1.807) is 30.2 Å². The van der Waals surface area contributed by atoms with Gasteiger partial charge in [0.25, 0.3) is 0 Å². The van der Waals surface area contributed by atoms with Gasteiger partial charge >= 0.3 is 0 Å². The Bertz CT molecular complexity index is 780.